The summed E-state index contributed by atoms with van der Waals surface area (Å²) in [4.78, 5) is 23.5. The molecular weight excluding hydrogens is 368 g/mol. The molecule has 8 heteroatoms. The number of nitriles is 1. The van der Waals surface area contributed by atoms with E-state index in [-0.39, 0.29) is 17.7 Å². The number of hydrogen-bond donors (Lipinski definition) is 0. The number of ether oxygens (including phenoxy) is 1. The van der Waals surface area contributed by atoms with Crippen LogP contribution in [0.1, 0.15) is 19.8 Å². The zero-order valence-electron chi connectivity index (χ0n) is 16.2. The molecule has 2 aliphatic rings. The van der Waals surface area contributed by atoms with E-state index in [9.17, 15) is 10.1 Å². The van der Waals surface area contributed by atoms with Crippen LogP contribution in [0.2, 0.25) is 0 Å². The van der Waals surface area contributed by atoms with E-state index in [1.807, 2.05) is 25.3 Å². The molecule has 2 fully saturated rings. The third kappa shape index (κ3) is 2.50. The Kier molecular flexibility index (Phi) is 3.81. The summed E-state index contributed by atoms with van der Waals surface area (Å²) in [6, 6.07) is 6.50. The van der Waals surface area contributed by atoms with E-state index >= 15 is 0 Å². The van der Waals surface area contributed by atoms with Crippen molar-refractivity contribution in [3.63, 3.8) is 0 Å². The minimum Gasteiger partial charge on any atom is -0.467 e. The van der Waals surface area contributed by atoms with Gasteiger partial charge in [0.2, 0.25) is 5.91 Å². The fourth-order valence-corrected chi connectivity index (χ4v) is 4.46. The van der Waals surface area contributed by atoms with Gasteiger partial charge in [-0.05, 0) is 30.9 Å². The maximum absolute atomic E-state index is 13.4. The monoisotopic (exact) mass is 388 g/mol. The lowest BCUT2D eigenvalue weighted by atomic mass is 9.75. The Bertz CT molecular complexity index is 1140. The standard InChI is InChI=1S/C21H20N6O2/c1-13-10-26(19(28)21(13,12-22)16-3-4-16)17-5-6-25-27-11-14(7-18(17)27)15-8-23-20(29-2)24-9-15/h5-9,11,13,16H,3-4,10H2,1-2H3/t13-,21+/m1/s1. The van der Waals surface area contributed by atoms with Crippen molar-refractivity contribution in [2.75, 3.05) is 18.6 Å². The van der Waals surface area contributed by atoms with Crippen molar-refractivity contribution in [3.8, 4) is 23.2 Å². The van der Waals surface area contributed by atoms with E-state index in [1.165, 1.54) is 7.11 Å². The molecule has 2 atom stereocenters. The van der Waals surface area contributed by atoms with Crippen LogP contribution in [0.5, 0.6) is 6.01 Å². The van der Waals surface area contributed by atoms with Gasteiger partial charge in [0.05, 0.1) is 24.4 Å². The van der Waals surface area contributed by atoms with Crippen LogP contribution in [-0.2, 0) is 4.79 Å². The molecule has 1 aliphatic carbocycles. The van der Waals surface area contributed by atoms with Crippen molar-refractivity contribution in [2.45, 2.75) is 19.8 Å². The summed E-state index contributed by atoms with van der Waals surface area (Å²) in [5.74, 6) is 0.0837. The van der Waals surface area contributed by atoms with E-state index in [1.54, 1.807) is 28.0 Å². The van der Waals surface area contributed by atoms with Crippen LogP contribution in [-0.4, -0.2) is 39.1 Å². The SMILES string of the molecule is COc1ncc(-c2cc3c(N4C[C@@H](C)[C@@](C#N)(C5CC5)C4=O)ccnn3c2)cn1. The molecule has 0 unspecified atom stereocenters. The van der Waals surface area contributed by atoms with Crippen LogP contribution in [0.4, 0.5) is 5.69 Å². The summed E-state index contributed by atoms with van der Waals surface area (Å²) in [6.07, 6.45) is 8.85. The number of nitrogens with zero attached hydrogens (tertiary/aromatic N) is 6. The second-order valence-electron chi connectivity index (χ2n) is 7.81. The van der Waals surface area contributed by atoms with E-state index in [4.69, 9.17) is 4.74 Å². The van der Waals surface area contributed by atoms with Crippen molar-refractivity contribution in [1.29, 1.82) is 5.26 Å². The van der Waals surface area contributed by atoms with Crippen molar-refractivity contribution >= 4 is 17.1 Å². The molecule has 0 aromatic carbocycles. The molecule has 0 spiro atoms. The Morgan fingerprint density at radius 2 is 2.03 bits per heavy atom. The predicted molar refractivity (Wildman–Crippen MR) is 105 cm³/mol. The topological polar surface area (TPSA) is 96.4 Å². The first-order valence-corrected chi connectivity index (χ1v) is 9.65. The fraction of sp³-hybridized carbons (Fsp3) is 0.381. The average molecular weight is 388 g/mol. The van der Waals surface area contributed by atoms with E-state index in [0.717, 1.165) is 35.2 Å². The molecule has 1 aliphatic heterocycles. The first kappa shape index (κ1) is 17.6. The van der Waals surface area contributed by atoms with Gasteiger partial charge in [0.1, 0.15) is 5.41 Å². The van der Waals surface area contributed by atoms with Gasteiger partial charge in [0, 0.05) is 48.4 Å². The summed E-state index contributed by atoms with van der Waals surface area (Å²) < 4.78 is 6.76. The van der Waals surface area contributed by atoms with E-state index in [2.05, 4.69) is 21.1 Å². The summed E-state index contributed by atoms with van der Waals surface area (Å²) in [5.41, 5.74) is 2.40. The second kappa shape index (κ2) is 6.27. The fourth-order valence-electron chi connectivity index (χ4n) is 4.46. The molecule has 0 bridgehead atoms. The third-order valence-electron chi connectivity index (χ3n) is 6.16. The van der Waals surface area contributed by atoms with Gasteiger partial charge >= 0.3 is 6.01 Å². The van der Waals surface area contributed by atoms with E-state index in [0.29, 0.717) is 12.6 Å². The Hall–Kier alpha value is -3.47. The number of amides is 1. The summed E-state index contributed by atoms with van der Waals surface area (Å²) in [5, 5.41) is 14.3. The van der Waals surface area contributed by atoms with Crippen LogP contribution in [0.15, 0.2) is 36.9 Å². The lowest BCUT2D eigenvalue weighted by Gasteiger charge is -2.23. The Morgan fingerprint density at radius 1 is 1.28 bits per heavy atom. The van der Waals surface area contributed by atoms with Gasteiger partial charge in [-0.1, -0.05) is 6.92 Å². The maximum Gasteiger partial charge on any atom is 0.316 e. The number of aromatic nitrogens is 4. The first-order chi connectivity index (χ1) is 14.1. The number of hydrogen-bond acceptors (Lipinski definition) is 6. The van der Waals surface area contributed by atoms with E-state index < -0.39 is 5.41 Å². The quantitative estimate of drug-likeness (QED) is 0.682. The predicted octanol–water partition coefficient (Wildman–Crippen LogP) is 2.70. The lowest BCUT2D eigenvalue weighted by molar-refractivity contribution is -0.124. The Morgan fingerprint density at radius 3 is 2.69 bits per heavy atom. The smallest absolute Gasteiger partial charge is 0.316 e. The largest absolute Gasteiger partial charge is 0.467 e. The Labute approximate surface area is 167 Å². The molecule has 146 valence electrons. The summed E-state index contributed by atoms with van der Waals surface area (Å²) in [7, 11) is 1.52. The van der Waals surface area contributed by atoms with Crippen molar-refractivity contribution in [2.24, 2.45) is 17.3 Å². The zero-order chi connectivity index (χ0) is 20.2. The average Bonchev–Trinajstić information content (AvgIpc) is 3.44. The molecule has 0 N–H and O–H groups in total. The summed E-state index contributed by atoms with van der Waals surface area (Å²) >= 11 is 0. The molecule has 1 saturated carbocycles. The number of anilines is 1. The van der Waals surface area contributed by atoms with Crippen molar-refractivity contribution < 1.29 is 9.53 Å². The third-order valence-corrected chi connectivity index (χ3v) is 6.16. The highest BCUT2D eigenvalue weighted by molar-refractivity contribution is 6.05. The number of rotatable bonds is 4. The highest BCUT2D eigenvalue weighted by Crippen LogP contribution is 2.54. The van der Waals surface area contributed by atoms with Crippen LogP contribution in [0.3, 0.4) is 0 Å². The van der Waals surface area contributed by atoms with Gasteiger partial charge in [-0.3, -0.25) is 4.79 Å². The highest BCUT2D eigenvalue weighted by Gasteiger charge is 2.61. The molecule has 3 aromatic heterocycles. The zero-order valence-corrected chi connectivity index (χ0v) is 16.2. The molecule has 5 rings (SSSR count). The number of methoxy groups -OCH3 is 1. The normalized spacial score (nSPS) is 24.1. The summed E-state index contributed by atoms with van der Waals surface area (Å²) in [6.45, 7) is 2.55. The highest BCUT2D eigenvalue weighted by atomic mass is 16.5. The van der Waals surface area contributed by atoms with Gasteiger partial charge in [-0.2, -0.15) is 10.4 Å². The lowest BCUT2D eigenvalue weighted by Crippen LogP contribution is -2.37. The number of carbonyl (C=O) groups excluding carboxylic acids is 1. The van der Waals surface area contributed by atoms with Gasteiger partial charge in [0.15, 0.2) is 0 Å². The van der Waals surface area contributed by atoms with Gasteiger partial charge in [-0.25, -0.2) is 14.5 Å². The molecule has 8 nitrogen and oxygen atoms in total. The molecular formula is C21H20N6O2. The molecule has 1 amide bonds. The number of carbonyl (C=O) groups is 1. The molecule has 4 heterocycles. The minimum absolute atomic E-state index is 0.00913. The number of fused-ring (bicyclic) bond motifs is 1. The Balaban J connectivity index is 1.57. The van der Waals surface area contributed by atoms with Crippen LogP contribution in [0.25, 0.3) is 16.6 Å². The minimum atomic E-state index is -0.903. The van der Waals surface area contributed by atoms with Crippen LogP contribution < -0.4 is 9.64 Å². The first-order valence-electron chi connectivity index (χ1n) is 9.65. The van der Waals surface area contributed by atoms with Crippen molar-refractivity contribution in [1.82, 2.24) is 19.6 Å². The maximum atomic E-state index is 13.4. The van der Waals surface area contributed by atoms with Gasteiger partial charge in [0.25, 0.3) is 0 Å². The molecule has 1 saturated heterocycles. The second-order valence-corrected chi connectivity index (χ2v) is 7.81. The van der Waals surface area contributed by atoms with Crippen molar-refractivity contribution in [3.05, 3.63) is 36.9 Å². The van der Waals surface area contributed by atoms with Crippen LogP contribution >= 0.6 is 0 Å². The molecule has 29 heavy (non-hydrogen) atoms. The molecule has 3 aromatic rings. The van der Waals surface area contributed by atoms with Gasteiger partial charge < -0.3 is 9.64 Å². The molecule has 0 radical (unpaired) electrons. The van der Waals surface area contributed by atoms with Crippen LogP contribution in [0, 0.1) is 28.6 Å². The van der Waals surface area contributed by atoms with Gasteiger partial charge in [-0.15, -0.1) is 0 Å².